The Kier molecular flexibility index (Phi) is 5.01. The van der Waals surface area contributed by atoms with Crippen LogP contribution in [0.25, 0.3) is 0 Å². The Morgan fingerprint density at radius 3 is 2.57 bits per heavy atom. The van der Waals surface area contributed by atoms with Crippen LogP contribution in [0.5, 0.6) is 0 Å². The molecule has 114 valence electrons. The minimum atomic E-state index is 0.00522. The Bertz CT molecular complexity index is 562. The fourth-order valence-corrected chi connectivity index (χ4v) is 3.05. The number of aromatic nitrogens is 1. The average molecular weight is 303 g/mol. The lowest BCUT2D eigenvalue weighted by molar-refractivity contribution is 0.470. The van der Waals surface area contributed by atoms with Gasteiger partial charge in [0.25, 0.3) is 0 Å². The standard InChI is InChI=1S/C17H25N3S/c1-5-17(2,3)20(4)16-19-14(12-21-16)11-15(18)13-9-7-6-8-10-13/h6-10,12,15H,5,11,18H2,1-4H3. The maximum Gasteiger partial charge on any atom is 0.185 e. The monoisotopic (exact) mass is 303 g/mol. The van der Waals surface area contributed by atoms with Crippen LogP contribution in [-0.4, -0.2) is 17.6 Å². The van der Waals surface area contributed by atoms with Crippen molar-refractivity contribution in [2.24, 2.45) is 5.73 Å². The van der Waals surface area contributed by atoms with Crippen molar-refractivity contribution < 1.29 is 0 Å². The summed E-state index contributed by atoms with van der Waals surface area (Å²) in [4.78, 5) is 7.01. The van der Waals surface area contributed by atoms with Gasteiger partial charge in [0.2, 0.25) is 0 Å². The highest BCUT2D eigenvalue weighted by atomic mass is 32.1. The SMILES string of the molecule is CCC(C)(C)N(C)c1nc(CC(N)c2ccccc2)cs1. The van der Waals surface area contributed by atoms with Crippen molar-refractivity contribution >= 4 is 16.5 Å². The van der Waals surface area contributed by atoms with Gasteiger partial charge in [-0.15, -0.1) is 11.3 Å². The van der Waals surface area contributed by atoms with Gasteiger partial charge < -0.3 is 10.6 Å². The van der Waals surface area contributed by atoms with Crippen LogP contribution in [0.2, 0.25) is 0 Å². The zero-order chi connectivity index (χ0) is 15.5. The Morgan fingerprint density at radius 1 is 1.29 bits per heavy atom. The predicted molar refractivity (Wildman–Crippen MR) is 92.0 cm³/mol. The zero-order valence-electron chi connectivity index (χ0n) is 13.3. The lowest BCUT2D eigenvalue weighted by Crippen LogP contribution is -2.40. The van der Waals surface area contributed by atoms with Gasteiger partial charge in [0.1, 0.15) is 0 Å². The van der Waals surface area contributed by atoms with Gasteiger partial charge >= 0.3 is 0 Å². The highest BCUT2D eigenvalue weighted by Gasteiger charge is 2.23. The Balaban J connectivity index is 2.07. The molecule has 1 aromatic heterocycles. The minimum Gasteiger partial charge on any atom is -0.346 e. The van der Waals surface area contributed by atoms with E-state index < -0.39 is 0 Å². The number of thiazole rings is 1. The Labute approximate surface area is 131 Å². The maximum atomic E-state index is 6.28. The molecule has 0 aliphatic heterocycles. The van der Waals surface area contributed by atoms with Crippen molar-refractivity contribution in [3.63, 3.8) is 0 Å². The second-order valence-corrected chi connectivity index (χ2v) is 6.90. The molecular formula is C17H25N3S. The number of nitrogens with two attached hydrogens (primary N) is 1. The van der Waals surface area contributed by atoms with Crippen molar-refractivity contribution in [3.05, 3.63) is 47.0 Å². The van der Waals surface area contributed by atoms with Crippen LogP contribution in [0.1, 0.15) is 44.5 Å². The van der Waals surface area contributed by atoms with Gasteiger partial charge in [0.05, 0.1) is 5.69 Å². The van der Waals surface area contributed by atoms with E-state index in [0.717, 1.165) is 29.2 Å². The molecule has 0 saturated carbocycles. The quantitative estimate of drug-likeness (QED) is 0.876. The van der Waals surface area contributed by atoms with E-state index in [1.54, 1.807) is 11.3 Å². The first-order valence-electron chi connectivity index (χ1n) is 7.43. The molecule has 0 aliphatic rings. The lowest BCUT2D eigenvalue weighted by Gasteiger charge is -2.34. The summed E-state index contributed by atoms with van der Waals surface area (Å²) in [6, 6.07) is 10.2. The summed E-state index contributed by atoms with van der Waals surface area (Å²) >= 11 is 1.70. The van der Waals surface area contributed by atoms with Gasteiger partial charge in [-0.25, -0.2) is 4.98 Å². The van der Waals surface area contributed by atoms with E-state index in [4.69, 9.17) is 10.7 Å². The molecule has 1 aromatic carbocycles. The molecule has 0 saturated heterocycles. The first kappa shape index (κ1) is 16.0. The largest absolute Gasteiger partial charge is 0.346 e. The first-order valence-corrected chi connectivity index (χ1v) is 8.30. The number of anilines is 1. The lowest BCUT2D eigenvalue weighted by atomic mass is 10.0. The normalized spacial score (nSPS) is 13.2. The van der Waals surface area contributed by atoms with Crippen LogP contribution in [0, 0.1) is 0 Å². The van der Waals surface area contributed by atoms with Crippen molar-refractivity contribution in [1.29, 1.82) is 0 Å². The van der Waals surface area contributed by atoms with Crippen molar-refractivity contribution in [1.82, 2.24) is 4.98 Å². The van der Waals surface area contributed by atoms with E-state index in [1.165, 1.54) is 0 Å². The first-order chi connectivity index (χ1) is 9.94. The molecule has 2 N–H and O–H groups in total. The summed E-state index contributed by atoms with van der Waals surface area (Å²) in [5, 5.41) is 3.19. The molecule has 2 aromatic rings. The van der Waals surface area contributed by atoms with Crippen LogP contribution in [0.15, 0.2) is 35.7 Å². The van der Waals surface area contributed by atoms with Crippen LogP contribution < -0.4 is 10.6 Å². The van der Waals surface area contributed by atoms with Gasteiger partial charge in [0, 0.05) is 30.4 Å². The molecule has 1 atom stereocenters. The predicted octanol–water partition coefficient (Wildman–Crippen LogP) is 4.01. The van der Waals surface area contributed by atoms with Gasteiger partial charge in [-0.1, -0.05) is 37.3 Å². The van der Waals surface area contributed by atoms with E-state index in [2.05, 4.69) is 50.2 Å². The van der Waals surface area contributed by atoms with Gasteiger partial charge in [-0.2, -0.15) is 0 Å². The summed E-state index contributed by atoms with van der Waals surface area (Å²) in [5.41, 5.74) is 8.63. The molecule has 0 amide bonds. The summed E-state index contributed by atoms with van der Waals surface area (Å²) in [6.45, 7) is 6.68. The maximum absolute atomic E-state index is 6.28. The van der Waals surface area contributed by atoms with E-state index in [1.807, 2.05) is 18.2 Å². The molecule has 0 radical (unpaired) electrons. The van der Waals surface area contributed by atoms with Crippen LogP contribution in [0.3, 0.4) is 0 Å². The van der Waals surface area contributed by atoms with Crippen LogP contribution in [0.4, 0.5) is 5.13 Å². The number of hydrogen-bond donors (Lipinski definition) is 1. The van der Waals surface area contributed by atoms with Gasteiger partial charge in [0.15, 0.2) is 5.13 Å². The molecule has 3 nitrogen and oxygen atoms in total. The third-order valence-corrected chi connectivity index (χ3v) is 5.22. The summed E-state index contributed by atoms with van der Waals surface area (Å²) < 4.78 is 0. The molecule has 0 spiro atoms. The van der Waals surface area contributed by atoms with Gasteiger partial charge in [-0.05, 0) is 25.8 Å². The number of nitrogens with zero attached hydrogens (tertiary/aromatic N) is 2. The molecule has 0 bridgehead atoms. The molecule has 21 heavy (non-hydrogen) atoms. The molecule has 0 aliphatic carbocycles. The summed E-state index contributed by atoms with van der Waals surface area (Å²) in [6.07, 6.45) is 1.86. The van der Waals surface area contributed by atoms with Gasteiger partial charge in [-0.3, -0.25) is 0 Å². The smallest absolute Gasteiger partial charge is 0.185 e. The number of benzene rings is 1. The zero-order valence-corrected chi connectivity index (χ0v) is 14.2. The van der Waals surface area contributed by atoms with E-state index in [0.29, 0.717) is 0 Å². The summed E-state index contributed by atoms with van der Waals surface area (Å²) in [7, 11) is 2.11. The van der Waals surface area contributed by atoms with Crippen molar-refractivity contribution in [3.8, 4) is 0 Å². The highest BCUT2D eigenvalue weighted by Crippen LogP contribution is 2.29. The topological polar surface area (TPSA) is 42.2 Å². The Morgan fingerprint density at radius 2 is 1.95 bits per heavy atom. The molecule has 1 unspecified atom stereocenters. The third-order valence-electron chi connectivity index (χ3n) is 4.26. The van der Waals surface area contributed by atoms with Crippen LogP contribution in [-0.2, 0) is 6.42 Å². The minimum absolute atomic E-state index is 0.00522. The number of hydrogen-bond acceptors (Lipinski definition) is 4. The fraction of sp³-hybridized carbons (Fsp3) is 0.471. The molecule has 2 rings (SSSR count). The van der Waals surface area contributed by atoms with Crippen molar-refractivity contribution in [2.45, 2.75) is 45.2 Å². The molecular weight excluding hydrogens is 278 g/mol. The molecule has 1 heterocycles. The summed E-state index contributed by atoms with van der Waals surface area (Å²) in [5.74, 6) is 0. The second-order valence-electron chi connectivity index (χ2n) is 6.07. The van der Waals surface area contributed by atoms with E-state index >= 15 is 0 Å². The Hall–Kier alpha value is -1.39. The molecule has 0 fully saturated rings. The van der Waals surface area contributed by atoms with E-state index in [9.17, 15) is 0 Å². The average Bonchev–Trinajstić information content (AvgIpc) is 2.95. The second kappa shape index (κ2) is 6.58. The number of rotatable bonds is 6. The third kappa shape index (κ3) is 3.83. The van der Waals surface area contributed by atoms with Crippen LogP contribution >= 0.6 is 11.3 Å². The van der Waals surface area contributed by atoms with Crippen molar-refractivity contribution in [2.75, 3.05) is 11.9 Å². The molecule has 4 heteroatoms. The van der Waals surface area contributed by atoms with E-state index in [-0.39, 0.29) is 11.6 Å². The highest BCUT2D eigenvalue weighted by molar-refractivity contribution is 7.13. The fourth-order valence-electron chi connectivity index (χ4n) is 2.08.